The van der Waals surface area contributed by atoms with E-state index in [4.69, 9.17) is 5.14 Å². The molecule has 26 heavy (non-hydrogen) atoms. The van der Waals surface area contributed by atoms with Crippen LogP contribution in [0.25, 0.3) is 11.3 Å². The first-order valence-electron chi connectivity index (χ1n) is 7.53. The number of phenols is 1. The lowest BCUT2D eigenvalue weighted by Crippen LogP contribution is -2.14. The van der Waals surface area contributed by atoms with Gasteiger partial charge in [0.25, 0.3) is 5.91 Å². The molecular weight excluding hydrogens is 356 g/mol. The second-order valence-electron chi connectivity index (χ2n) is 5.71. The summed E-state index contributed by atoms with van der Waals surface area (Å²) in [5, 5.41) is 24.3. The van der Waals surface area contributed by atoms with Gasteiger partial charge in [0.1, 0.15) is 11.4 Å². The summed E-state index contributed by atoms with van der Waals surface area (Å²) >= 11 is 0. The monoisotopic (exact) mass is 372 g/mol. The van der Waals surface area contributed by atoms with Crippen LogP contribution < -0.4 is 10.5 Å². The number of aromatic nitrogens is 2. The number of rotatable bonds is 4. The Morgan fingerprint density at radius 1 is 1.15 bits per heavy atom. The first-order chi connectivity index (χ1) is 12.2. The predicted molar refractivity (Wildman–Crippen MR) is 96.2 cm³/mol. The van der Waals surface area contributed by atoms with Gasteiger partial charge in [0, 0.05) is 11.3 Å². The Bertz CT molecular complexity index is 1070. The van der Waals surface area contributed by atoms with Gasteiger partial charge in [-0.1, -0.05) is 11.6 Å². The van der Waals surface area contributed by atoms with Gasteiger partial charge in [-0.3, -0.25) is 9.89 Å². The molecule has 0 saturated carbocycles. The quantitative estimate of drug-likeness (QED) is 0.555. The highest BCUT2D eigenvalue weighted by molar-refractivity contribution is 7.89. The number of nitrogens with one attached hydrogen (secondary N) is 2. The maximum atomic E-state index is 12.3. The minimum absolute atomic E-state index is 0.0470. The summed E-state index contributed by atoms with van der Waals surface area (Å²) in [6.45, 7) is 1.88. The Labute approximate surface area is 149 Å². The lowest BCUT2D eigenvalue weighted by molar-refractivity contribution is 0.102. The summed E-state index contributed by atoms with van der Waals surface area (Å²) in [6, 6.07) is 12.1. The Kier molecular flexibility index (Phi) is 4.49. The molecule has 3 aromatic rings. The molecule has 0 unspecified atom stereocenters. The van der Waals surface area contributed by atoms with Crippen LogP contribution in [0.5, 0.6) is 5.75 Å². The van der Waals surface area contributed by atoms with Gasteiger partial charge >= 0.3 is 0 Å². The normalized spacial score (nSPS) is 11.3. The van der Waals surface area contributed by atoms with Gasteiger partial charge in [-0.25, -0.2) is 13.6 Å². The van der Waals surface area contributed by atoms with E-state index in [1.165, 1.54) is 30.3 Å². The number of hydrogen-bond acceptors (Lipinski definition) is 5. The van der Waals surface area contributed by atoms with Gasteiger partial charge in [0.05, 0.1) is 10.6 Å². The minimum atomic E-state index is -3.79. The van der Waals surface area contributed by atoms with Crippen LogP contribution in [0.3, 0.4) is 0 Å². The average Bonchev–Trinajstić information content (AvgIpc) is 3.07. The number of carbonyl (C=O) groups is 1. The Hall–Kier alpha value is -3.17. The van der Waals surface area contributed by atoms with Crippen molar-refractivity contribution < 1.29 is 18.3 Å². The van der Waals surface area contributed by atoms with Crippen LogP contribution in [0.1, 0.15) is 16.1 Å². The van der Waals surface area contributed by atoms with E-state index in [1.54, 1.807) is 18.2 Å². The fraction of sp³-hybridized carbons (Fsp3) is 0.0588. The molecule has 5 N–H and O–H groups in total. The number of aromatic amines is 1. The maximum absolute atomic E-state index is 12.3. The smallest absolute Gasteiger partial charge is 0.273 e. The fourth-order valence-corrected chi connectivity index (χ4v) is 2.87. The SMILES string of the molecule is Cc1ccc(O)c(-c2cc(C(=O)Nc3ccc(S(N)(=O)=O)cc3)[nH]n2)c1. The second-order valence-corrected chi connectivity index (χ2v) is 7.27. The molecule has 0 atom stereocenters. The predicted octanol–water partition coefficient (Wildman–Crippen LogP) is 1.99. The third-order valence-electron chi connectivity index (χ3n) is 3.69. The van der Waals surface area contributed by atoms with E-state index in [1.807, 2.05) is 6.92 Å². The molecule has 0 saturated heterocycles. The summed E-state index contributed by atoms with van der Waals surface area (Å²) in [7, 11) is -3.79. The number of sulfonamides is 1. The van der Waals surface area contributed by atoms with Crippen molar-refractivity contribution in [1.29, 1.82) is 0 Å². The summed E-state index contributed by atoms with van der Waals surface area (Å²) in [5.74, 6) is -0.396. The van der Waals surface area contributed by atoms with Crippen LogP contribution in [-0.2, 0) is 10.0 Å². The number of aromatic hydroxyl groups is 1. The van der Waals surface area contributed by atoms with E-state index in [9.17, 15) is 18.3 Å². The van der Waals surface area contributed by atoms with Crippen LogP contribution in [0.2, 0.25) is 0 Å². The molecule has 9 heteroatoms. The van der Waals surface area contributed by atoms with Gasteiger partial charge in [-0.2, -0.15) is 5.10 Å². The zero-order chi connectivity index (χ0) is 18.9. The lowest BCUT2D eigenvalue weighted by atomic mass is 10.1. The maximum Gasteiger partial charge on any atom is 0.273 e. The molecule has 0 spiro atoms. The van der Waals surface area contributed by atoms with E-state index < -0.39 is 15.9 Å². The molecular formula is C17H16N4O4S. The standard InChI is InChI=1S/C17H16N4O4S/c1-10-2-7-16(22)13(8-10)14-9-15(21-20-14)17(23)19-11-3-5-12(6-4-11)26(18,24)25/h2-9,22H,1H3,(H,19,23)(H,20,21)(H2,18,24,25). The van der Waals surface area contributed by atoms with Gasteiger partial charge in [-0.05, 0) is 49.4 Å². The Morgan fingerprint density at radius 2 is 1.85 bits per heavy atom. The third kappa shape index (κ3) is 3.73. The number of primary sulfonamides is 1. The van der Waals surface area contributed by atoms with Crippen LogP contribution >= 0.6 is 0 Å². The molecule has 3 rings (SSSR count). The van der Waals surface area contributed by atoms with Crippen molar-refractivity contribution in [2.24, 2.45) is 5.14 Å². The molecule has 2 aromatic carbocycles. The molecule has 1 amide bonds. The zero-order valence-electron chi connectivity index (χ0n) is 13.7. The van der Waals surface area contributed by atoms with Crippen LogP contribution in [0.4, 0.5) is 5.69 Å². The molecule has 0 aliphatic carbocycles. The zero-order valence-corrected chi connectivity index (χ0v) is 14.5. The molecule has 0 radical (unpaired) electrons. The third-order valence-corrected chi connectivity index (χ3v) is 4.62. The highest BCUT2D eigenvalue weighted by Crippen LogP contribution is 2.29. The Morgan fingerprint density at radius 3 is 2.50 bits per heavy atom. The number of nitrogens with two attached hydrogens (primary N) is 1. The van der Waals surface area contributed by atoms with Gasteiger partial charge < -0.3 is 10.4 Å². The van der Waals surface area contributed by atoms with Crippen molar-refractivity contribution in [2.75, 3.05) is 5.32 Å². The van der Waals surface area contributed by atoms with Crippen molar-refractivity contribution in [3.8, 4) is 17.0 Å². The molecule has 0 aliphatic rings. The summed E-state index contributed by atoms with van der Waals surface area (Å²) in [4.78, 5) is 12.3. The second kappa shape index (κ2) is 6.62. The first-order valence-corrected chi connectivity index (χ1v) is 9.08. The highest BCUT2D eigenvalue weighted by Gasteiger charge is 2.14. The summed E-state index contributed by atoms with van der Waals surface area (Å²) < 4.78 is 22.5. The van der Waals surface area contributed by atoms with E-state index >= 15 is 0 Å². The van der Waals surface area contributed by atoms with E-state index in [0.717, 1.165) is 5.56 Å². The number of aryl methyl sites for hydroxylation is 1. The Balaban J connectivity index is 1.79. The molecule has 0 fully saturated rings. The molecule has 8 nitrogen and oxygen atoms in total. The van der Waals surface area contributed by atoms with Crippen molar-refractivity contribution in [2.45, 2.75) is 11.8 Å². The van der Waals surface area contributed by atoms with Crippen LogP contribution in [0.15, 0.2) is 53.4 Å². The number of benzene rings is 2. The lowest BCUT2D eigenvalue weighted by Gasteiger charge is -2.04. The number of H-pyrrole nitrogens is 1. The van der Waals surface area contributed by atoms with Crippen molar-refractivity contribution >= 4 is 21.6 Å². The van der Waals surface area contributed by atoms with E-state index in [0.29, 0.717) is 16.9 Å². The van der Waals surface area contributed by atoms with Crippen molar-refractivity contribution in [3.63, 3.8) is 0 Å². The topological polar surface area (TPSA) is 138 Å². The molecule has 1 aromatic heterocycles. The number of anilines is 1. The van der Waals surface area contributed by atoms with Crippen LogP contribution in [0, 0.1) is 6.92 Å². The number of nitrogens with zero attached hydrogens (tertiary/aromatic N) is 1. The molecule has 1 heterocycles. The largest absolute Gasteiger partial charge is 0.507 e. The molecule has 0 aliphatic heterocycles. The average molecular weight is 372 g/mol. The molecule has 0 bridgehead atoms. The van der Waals surface area contributed by atoms with E-state index in [2.05, 4.69) is 15.5 Å². The highest BCUT2D eigenvalue weighted by atomic mass is 32.2. The first kappa shape index (κ1) is 17.6. The van der Waals surface area contributed by atoms with E-state index in [-0.39, 0.29) is 16.3 Å². The number of hydrogen-bond donors (Lipinski definition) is 4. The van der Waals surface area contributed by atoms with Crippen LogP contribution in [-0.4, -0.2) is 29.6 Å². The minimum Gasteiger partial charge on any atom is -0.507 e. The molecule has 134 valence electrons. The van der Waals surface area contributed by atoms with Gasteiger partial charge in [-0.15, -0.1) is 0 Å². The number of amides is 1. The number of carbonyl (C=O) groups excluding carboxylic acids is 1. The summed E-state index contributed by atoms with van der Waals surface area (Å²) in [5.41, 5.74) is 2.48. The van der Waals surface area contributed by atoms with Gasteiger partial charge in [0.2, 0.25) is 10.0 Å². The fourth-order valence-electron chi connectivity index (χ4n) is 2.36. The summed E-state index contributed by atoms with van der Waals surface area (Å²) in [6.07, 6.45) is 0. The van der Waals surface area contributed by atoms with Crippen molar-refractivity contribution in [1.82, 2.24) is 10.2 Å². The van der Waals surface area contributed by atoms with Crippen molar-refractivity contribution in [3.05, 3.63) is 59.8 Å². The number of phenolic OH excluding ortho intramolecular Hbond substituents is 1. The van der Waals surface area contributed by atoms with Gasteiger partial charge in [0.15, 0.2) is 0 Å².